The van der Waals surface area contributed by atoms with Crippen LogP contribution >= 0.6 is 11.6 Å². The number of halogens is 4. The fourth-order valence-corrected chi connectivity index (χ4v) is 3.05. The molecule has 0 saturated heterocycles. The van der Waals surface area contributed by atoms with Gasteiger partial charge in [-0.25, -0.2) is 4.98 Å². The maximum absolute atomic E-state index is 13.0. The zero-order chi connectivity index (χ0) is 22.9. The fraction of sp³-hybridized carbons (Fsp3) is 0.0500. The molecule has 32 heavy (non-hydrogen) atoms. The van der Waals surface area contributed by atoms with Crippen molar-refractivity contribution in [3.05, 3.63) is 81.8 Å². The first-order valence-electron chi connectivity index (χ1n) is 8.89. The van der Waals surface area contributed by atoms with Crippen molar-refractivity contribution >= 4 is 39.7 Å². The van der Waals surface area contributed by atoms with Crippen molar-refractivity contribution < 1.29 is 22.8 Å². The molecule has 0 unspecified atom stereocenters. The maximum atomic E-state index is 13.0. The van der Waals surface area contributed by atoms with Gasteiger partial charge in [-0.3, -0.25) is 15.1 Å². The van der Waals surface area contributed by atoms with Gasteiger partial charge in [-0.15, -0.1) is 0 Å². The van der Waals surface area contributed by atoms with Gasteiger partial charge >= 0.3 is 17.7 Å². The lowest BCUT2D eigenvalue weighted by Crippen LogP contribution is -2.07. The Hall–Kier alpha value is -3.99. The summed E-state index contributed by atoms with van der Waals surface area (Å²) < 4.78 is 44.8. The summed E-state index contributed by atoms with van der Waals surface area (Å²) in [4.78, 5) is 22.8. The molecule has 0 spiro atoms. The summed E-state index contributed by atoms with van der Waals surface area (Å²) >= 11 is 5.98. The van der Waals surface area contributed by atoms with E-state index < -0.39 is 34.0 Å². The highest BCUT2D eigenvalue weighted by Gasteiger charge is 2.32. The third-order valence-electron chi connectivity index (χ3n) is 4.32. The number of hydrogen-bond acceptors (Lipinski definition) is 7. The van der Waals surface area contributed by atoms with E-state index in [1.165, 1.54) is 6.20 Å². The molecule has 0 amide bonds. The number of anilines is 2. The van der Waals surface area contributed by atoms with Gasteiger partial charge in [0.2, 0.25) is 5.82 Å². The van der Waals surface area contributed by atoms with Crippen molar-refractivity contribution in [1.82, 2.24) is 15.0 Å². The molecule has 0 aliphatic carbocycles. The first kappa shape index (κ1) is 21.2. The Morgan fingerprint density at radius 3 is 2.59 bits per heavy atom. The lowest BCUT2D eigenvalue weighted by atomic mass is 10.2. The van der Waals surface area contributed by atoms with Gasteiger partial charge in [-0.05, 0) is 30.3 Å². The van der Waals surface area contributed by atoms with Crippen molar-refractivity contribution in [1.29, 1.82) is 0 Å². The zero-order valence-corrected chi connectivity index (χ0v) is 16.6. The largest absolute Gasteiger partial charge is 0.431 e. The van der Waals surface area contributed by atoms with Crippen LogP contribution in [0, 0.1) is 10.1 Å². The smallest absolute Gasteiger partial charge is 0.416 e. The molecule has 4 aromatic rings. The first-order chi connectivity index (χ1) is 15.2. The van der Waals surface area contributed by atoms with Gasteiger partial charge in [0.25, 0.3) is 0 Å². The highest BCUT2D eigenvalue weighted by Crippen LogP contribution is 2.39. The van der Waals surface area contributed by atoms with Crippen LogP contribution in [0.3, 0.4) is 0 Å². The van der Waals surface area contributed by atoms with Crippen LogP contribution in [0.15, 0.2) is 61.1 Å². The molecule has 1 N–H and O–H groups in total. The van der Waals surface area contributed by atoms with Crippen molar-refractivity contribution in [2.24, 2.45) is 0 Å². The molecule has 0 bridgehead atoms. The second-order valence-corrected chi connectivity index (χ2v) is 6.79. The molecule has 4 rings (SSSR count). The number of pyridine rings is 1. The van der Waals surface area contributed by atoms with Crippen molar-refractivity contribution in [3.63, 3.8) is 0 Å². The van der Waals surface area contributed by atoms with Crippen molar-refractivity contribution in [2.75, 3.05) is 5.32 Å². The second-order valence-electron chi connectivity index (χ2n) is 6.38. The number of rotatable bonds is 5. The lowest BCUT2D eigenvalue weighted by Gasteiger charge is -2.13. The molecular formula is C20H11ClF3N5O3. The second kappa shape index (κ2) is 8.27. The van der Waals surface area contributed by atoms with E-state index in [4.69, 9.17) is 16.3 Å². The summed E-state index contributed by atoms with van der Waals surface area (Å²) in [6.45, 7) is 0. The number of ether oxygens (including phenoxy) is 1. The monoisotopic (exact) mass is 461 g/mol. The maximum Gasteiger partial charge on any atom is 0.416 e. The van der Waals surface area contributed by atoms with Crippen LogP contribution in [-0.4, -0.2) is 19.9 Å². The van der Waals surface area contributed by atoms with Crippen LogP contribution in [0.1, 0.15) is 5.56 Å². The molecule has 2 aromatic carbocycles. The van der Waals surface area contributed by atoms with Gasteiger partial charge in [-0.2, -0.15) is 18.2 Å². The molecule has 0 atom stereocenters. The summed E-state index contributed by atoms with van der Waals surface area (Å²) in [5.41, 5.74) is -1.45. The minimum Gasteiger partial charge on any atom is -0.431 e. The zero-order valence-electron chi connectivity index (χ0n) is 15.8. The van der Waals surface area contributed by atoms with Crippen LogP contribution in [-0.2, 0) is 6.18 Å². The van der Waals surface area contributed by atoms with E-state index >= 15 is 0 Å². The predicted molar refractivity (Wildman–Crippen MR) is 110 cm³/mol. The van der Waals surface area contributed by atoms with Gasteiger partial charge in [0.15, 0.2) is 5.75 Å². The molecular weight excluding hydrogens is 451 g/mol. The summed E-state index contributed by atoms with van der Waals surface area (Å²) in [7, 11) is 0. The molecule has 0 aliphatic rings. The minimum absolute atomic E-state index is 0.0911. The van der Waals surface area contributed by atoms with Crippen LogP contribution in [0.5, 0.6) is 11.6 Å². The number of alkyl halides is 3. The number of benzene rings is 2. The number of aromatic nitrogens is 3. The molecule has 0 aliphatic heterocycles. The molecule has 0 saturated carbocycles. The molecule has 8 nitrogen and oxygen atoms in total. The Kier molecular flexibility index (Phi) is 5.49. The number of hydrogen-bond donors (Lipinski definition) is 1. The fourth-order valence-electron chi connectivity index (χ4n) is 2.88. The molecule has 2 aromatic heterocycles. The summed E-state index contributed by atoms with van der Waals surface area (Å²) in [5.74, 6) is -0.615. The van der Waals surface area contributed by atoms with Crippen LogP contribution in [0.25, 0.3) is 10.9 Å². The number of para-hydroxylation sites is 1. The van der Waals surface area contributed by atoms with E-state index in [1.54, 1.807) is 30.3 Å². The van der Waals surface area contributed by atoms with E-state index in [0.717, 1.165) is 29.9 Å². The quantitative estimate of drug-likeness (QED) is 0.281. The lowest BCUT2D eigenvalue weighted by molar-refractivity contribution is -0.385. The van der Waals surface area contributed by atoms with Gasteiger partial charge in [0.1, 0.15) is 11.8 Å². The Balaban J connectivity index is 1.76. The summed E-state index contributed by atoms with van der Waals surface area (Å²) in [6, 6.07) is 11.1. The summed E-state index contributed by atoms with van der Waals surface area (Å²) in [6.07, 6.45) is -2.12. The standard InChI is InChI=1S/C20H11ClF3N5O3/c21-13-7-6-12(20(22,23)24)9-14(13)28-18-17(29(30)31)19(27-10-26-18)32-15-5-1-3-11-4-2-8-25-16(11)15/h1-10H,(H,26,27,28). The van der Waals surface area contributed by atoms with Gasteiger partial charge in [0, 0.05) is 11.6 Å². The topological polar surface area (TPSA) is 103 Å². The first-order valence-corrected chi connectivity index (χ1v) is 9.26. The van der Waals surface area contributed by atoms with E-state index in [0.29, 0.717) is 5.52 Å². The average molecular weight is 462 g/mol. The van der Waals surface area contributed by atoms with Gasteiger partial charge in [-0.1, -0.05) is 29.8 Å². The number of fused-ring (bicyclic) bond motifs is 1. The van der Waals surface area contributed by atoms with Gasteiger partial charge in [0.05, 0.1) is 21.2 Å². The van der Waals surface area contributed by atoms with Crippen LogP contribution < -0.4 is 10.1 Å². The molecule has 12 heteroatoms. The average Bonchev–Trinajstić information content (AvgIpc) is 2.75. The third-order valence-corrected chi connectivity index (χ3v) is 4.65. The minimum atomic E-state index is -4.63. The number of nitrogens with one attached hydrogen (secondary N) is 1. The summed E-state index contributed by atoms with van der Waals surface area (Å²) in [5, 5.41) is 14.9. The number of nitrogens with zero attached hydrogens (tertiary/aromatic N) is 4. The molecule has 162 valence electrons. The Labute approximate surface area is 182 Å². The van der Waals surface area contributed by atoms with Gasteiger partial charge < -0.3 is 10.1 Å². The third kappa shape index (κ3) is 4.23. The van der Waals surface area contributed by atoms with E-state index in [9.17, 15) is 23.3 Å². The molecule has 0 radical (unpaired) electrons. The Bertz CT molecular complexity index is 1330. The number of nitro groups is 1. The van der Waals surface area contributed by atoms with Crippen molar-refractivity contribution in [3.8, 4) is 11.6 Å². The Morgan fingerprint density at radius 1 is 1.06 bits per heavy atom. The highest BCUT2D eigenvalue weighted by molar-refractivity contribution is 6.33. The molecule has 0 fully saturated rings. The molecule has 2 heterocycles. The van der Waals surface area contributed by atoms with E-state index in [-0.39, 0.29) is 16.5 Å². The van der Waals surface area contributed by atoms with E-state index in [2.05, 4.69) is 20.3 Å². The predicted octanol–water partition coefficient (Wildman–Crippen LogP) is 6.14. The van der Waals surface area contributed by atoms with E-state index in [1.807, 2.05) is 0 Å². The van der Waals surface area contributed by atoms with Crippen molar-refractivity contribution in [2.45, 2.75) is 6.18 Å². The SMILES string of the molecule is O=[N+]([O-])c1c(Nc2cc(C(F)(F)F)ccc2Cl)ncnc1Oc1cccc2cccnc12. The normalized spacial score (nSPS) is 11.4. The van der Waals surface area contributed by atoms with Crippen LogP contribution in [0.2, 0.25) is 5.02 Å². The highest BCUT2D eigenvalue weighted by atomic mass is 35.5. The van der Waals surface area contributed by atoms with Crippen LogP contribution in [0.4, 0.5) is 30.4 Å². The Morgan fingerprint density at radius 2 is 1.84 bits per heavy atom.